The topological polar surface area (TPSA) is 96.0 Å². The van der Waals surface area contributed by atoms with E-state index in [0.29, 0.717) is 22.9 Å². The third-order valence-electron chi connectivity index (χ3n) is 3.42. The lowest BCUT2D eigenvalue weighted by atomic mass is 10.2. The second kappa shape index (κ2) is 8.05. The van der Waals surface area contributed by atoms with Gasteiger partial charge in [-0.2, -0.15) is 0 Å². The predicted molar refractivity (Wildman–Crippen MR) is 100 cm³/mol. The molecule has 2 aromatic carbocycles. The van der Waals surface area contributed by atoms with E-state index in [1.54, 1.807) is 36.4 Å². The van der Waals surface area contributed by atoms with Gasteiger partial charge in [-0.05, 0) is 36.4 Å². The molecule has 2 amide bonds. The third kappa shape index (κ3) is 5.08. The first-order valence-electron chi connectivity index (χ1n) is 8.03. The maximum atomic E-state index is 13.2. The average molecular weight is 365 g/mol. The fraction of sp³-hybridized carbons (Fsp3) is 0.0526. The summed E-state index contributed by atoms with van der Waals surface area (Å²) >= 11 is 0. The van der Waals surface area contributed by atoms with Crippen molar-refractivity contribution < 1.29 is 14.0 Å². The molecule has 136 valence electrons. The van der Waals surface area contributed by atoms with Crippen molar-refractivity contribution >= 4 is 34.7 Å². The van der Waals surface area contributed by atoms with E-state index in [0.717, 1.165) is 0 Å². The van der Waals surface area contributed by atoms with Crippen LogP contribution < -0.4 is 16.0 Å². The normalized spacial score (nSPS) is 10.1. The summed E-state index contributed by atoms with van der Waals surface area (Å²) in [5.74, 6) is -0.638. The quantitative estimate of drug-likeness (QED) is 0.642. The summed E-state index contributed by atoms with van der Waals surface area (Å²) in [4.78, 5) is 31.6. The first-order valence-corrected chi connectivity index (χ1v) is 8.03. The Hall–Kier alpha value is -3.81. The van der Waals surface area contributed by atoms with Crippen LogP contribution in [0.3, 0.4) is 0 Å². The maximum absolute atomic E-state index is 13.2. The Morgan fingerprint density at radius 1 is 0.889 bits per heavy atom. The number of halogens is 1. The van der Waals surface area contributed by atoms with E-state index >= 15 is 0 Å². The fourth-order valence-electron chi connectivity index (χ4n) is 2.30. The lowest BCUT2D eigenvalue weighted by Gasteiger charge is -2.08. The van der Waals surface area contributed by atoms with Crippen molar-refractivity contribution in [3.05, 3.63) is 72.4 Å². The lowest BCUT2D eigenvalue weighted by molar-refractivity contribution is -0.114. The summed E-state index contributed by atoms with van der Waals surface area (Å²) in [6, 6.07) is 12.7. The zero-order chi connectivity index (χ0) is 19.2. The minimum atomic E-state index is -0.445. The Morgan fingerprint density at radius 3 is 2.26 bits per heavy atom. The number of nitrogens with zero attached hydrogens (tertiary/aromatic N) is 2. The number of amides is 2. The molecule has 0 aliphatic rings. The molecular formula is C19H16FN5O2. The smallest absolute Gasteiger partial charge is 0.275 e. The molecule has 7 nitrogen and oxygen atoms in total. The summed E-state index contributed by atoms with van der Waals surface area (Å²) in [5.41, 5.74) is 1.72. The zero-order valence-electron chi connectivity index (χ0n) is 14.4. The number of hydrogen-bond donors (Lipinski definition) is 3. The monoisotopic (exact) mass is 365 g/mol. The maximum Gasteiger partial charge on any atom is 0.275 e. The number of benzene rings is 2. The van der Waals surface area contributed by atoms with Crippen molar-refractivity contribution in [1.29, 1.82) is 0 Å². The molecule has 8 heteroatoms. The predicted octanol–water partition coefficient (Wildman–Crippen LogP) is 3.57. The van der Waals surface area contributed by atoms with Crippen LogP contribution in [0.1, 0.15) is 17.4 Å². The highest BCUT2D eigenvalue weighted by molar-refractivity contribution is 6.03. The van der Waals surface area contributed by atoms with Crippen LogP contribution in [-0.2, 0) is 4.79 Å². The molecule has 0 atom stereocenters. The van der Waals surface area contributed by atoms with Gasteiger partial charge in [0.15, 0.2) is 0 Å². The molecule has 0 radical (unpaired) electrons. The summed E-state index contributed by atoms with van der Waals surface area (Å²) in [5, 5.41) is 8.23. The molecule has 1 aromatic heterocycles. The van der Waals surface area contributed by atoms with Gasteiger partial charge in [0.05, 0.1) is 12.4 Å². The third-order valence-corrected chi connectivity index (χ3v) is 3.42. The molecule has 0 spiro atoms. The summed E-state index contributed by atoms with van der Waals surface area (Å²) < 4.78 is 13.2. The van der Waals surface area contributed by atoms with Crippen LogP contribution in [-0.4, -0.2) is 21.8 Å². The van der Waals surface area contributed by atoms with Gasteiger partial charge in [-0.1, -0.05) is 12.1 Å². The van der Waals surface area contributed by atoms with Gasteiger partial charge in [0.2, 0.25) is 5.91 Å². The lowest BCUT2D eigenvalue weighted by Crippen LogP contribution is -2.14. The van der Waals surface area contributed by atoms with E-state index in [1.807, 2.05) is 0 Å². The molecule has 0 bridgehead atoms. The minimum Gasteiger partial charge on any atom is -0.339 e. The van der Waals surface area contributed by atoms with Crippen LogP contribution in [0.4, 0.5) is 27.3 Å². The van der Waals surface area contributed by atoms with Crippen LogP contribution in [0.25, 0.3) is 0 Å². The van der Waals surface area contributed by atoms with Gasteiger partial charge in [-0.15, -0.1) is 0 Å². The number of carbonyl (C=O) groups is 2. The Bertz CT molecular complexity index is 976. The molecule has 0 aliphatic carbocycles. The molecule has 0 aliphatic heterocycles. The van der Waals surface area contributed by atoms with Gasteiger partial charge < -0.3 is 16.0 Å². The molecule has 3 aromatic rings. The second-order valence-electron chi connectivity index (χ2n) is 5.64. The molecule has 27 heavy (non-hydrogen) atoms. The molecule has 1 heterocycles. The van der Waals surface area contributed by atoms with Crippen molar-refractivity contribution in [1.82, 2.24) is 9.97 Å². The van der Waals surface area contributed by atoms with Crippen LogP contribution in [0.2, 0.25) is 0 Å². The summed E-state index contributed by atoms with van der Waals surface area (Å²) in [7, 11) is 0. The Kier molecular flexibility index (Phi) is 5.36. The van der Waals surface area contributed by atoms with Crippen molar-refractivity contribution in [3.63, 3.8) is 0 Å². The number of anilines is 4. The van der Waals surface area contributed by atoms with Gasteiger partial charge in [-0.3, -0.25) is 9.59 Å². The molecule has 0 saturated carbocycles. The minimum absolute atomic E-state index is 0.115. The number of hydrogen-bond acceptors (Lipinski definition) is 5. The SMILES string of the molecule is CC(=O)Nc1cccc(NC(=O)c2cnc(Nc3cccc(F)c3)cn2)c1. The first kappa shape index (κ1) is 18.0. The van der Waals surface area contributed by atoms with E-state index in [9.17, 15) is 14.0 Å². The van der Waals surface area contributed by atoms with Crippen LogP contribution in [0.15, 0.2) is 60.9 Å². The van der Waals surface area contributed by atoms with Gasteiger partial charge in [0, 0.05) is 24.0 Å². The molecular weight excluding hydrogens is 349 g/mol. The highest BCUT2D eigenvalue weighted by Gasteiger charge is 2.09. The first-order chi connectivity index (χ1) is 13.0. The second-order valence-corrected chi connectivity index (χ2v) is 5.64. The van der Waals surface area contributed by atoms with E-state index in [-0.39, 0.29) is 17.4 Å². The zero-order valence-corrected chi connectivity index (χ0v) is 14.4. The Balaban J connectivity index is 1.66. The fourth-order valence-corrected chi connectivity index (χ4v) is 2.30. The highest BCUT2D eigenvalue weighted by atomic mass is 19.1. The average Bonchev–Trinajstić information content (AvgIpc) is 2.62. The van der Waals surface area contributed by atoms with Gasteiger partial charge in [0.25, 0.3) is 5.91 Å². The summed E-state index contributed by atoms with van der Waals surface area (Å²) in [6.45, 7) is 1.40. The van der Waals surface area contributed by atoms with Crippen molar-refractivity contribution in [2.45, 2.75) is 6.92 Å². The molecule has 0 fully saturated rings. The van der Waals surface area contributed by atoms with Crippen molar-refractivity contribution in [2.24, 2.45) is 0 Å². The number of rotatable bonds is 5. The van der Waals surface area contributed by atoms with Crippen LogP contribution >= 0.6 is 0 Å². The van der Waals surface area contributed by atoms with Crippen molar-refractivity contribution in [3.8, 4) is 0 Å². The van der Waals surface area contributed by atoms with Gasteiger partial charge >= 0.3 is 0 Å². The number of carbonyl (C=O) groups excluding carboxylic acids is 2. The van der Waals surface area contributed by atoms with Gasteiger partial charge in [0.1, 0.15) is 17.3 Å². The molecule has 0 saturated heterocycles. The molecule has 3 N–H and O–H groups in total. The van der Waals surface area contributed by atoms with Crippen LogP contribution in [0, 0.1) is 5.82 Å². The van der Waals surface area contributed by atoms with Crippen LogP contribution in [0.5, 0.6) is 0 Å². The largest absolute Gasteiger partial charge is 0.339 e. The van der Waals surface area contributed by atoms with E-state index in [2.05, 4.69) is 25.9 Å². The highest BCUT2D eigenvalue weighted by Crippen LogP contribution is 2.17. The molecule has 0 unspecified atom stereocenters. The number of nitrogens with one attached hydrogen (secondary N) is 3. The Morgan fingerprint density at radius 2 is 1.59 bits per heavy atom. The van der Waals surface area contributed by atoms with E-state index in [4.69, 9.17) is 0 Å². The van der Waals surface area contributed by atoms with Gasteiger partial charge in [-0.25, -0.2) is 14.4 Å². The summed E-state index contributed by atoms with van der Waals surface area (Å²) in [6.07, 6.45) is 2.70. The van der Waals surface area contributed by atoms with Crippen molar-refractivity contribution in [2.75, 3.05) is 16.0 Å². The molecule has 3 rings (SSSR count). The standard InChI is InChI=1S/C19H16FN5O2/c1-12(26)23-15-6-3-7-16(9-15)25-19(27)17-10-22-18(11-21-17)24-14-5-2-4-13(20)8-14/h2-11H,1H3,(H,22,24)(H,23,26)(H,25,27). The Labute approximate surface area is 154 Å². The van der Waals surface area contributed by atoms with E-state index < -0.39 is 5.91 Å². The number of aromatic nitrogens is 2. The van der Waals surface area contributed by atoms with E-state index in [1.165, 1.54) is 31.5 Å².